The number of hydrogen-bond donors (Lipinski definition) is 0. The molecule has 28 heavy (non-hydrogen) atoms. The largest absolute Gasteiger partial charge is 0.0654 e. The van der Waals surface area contributed by atoms with Crippen molar-refractivity contribution >= 4 is 10.8 Å². The average molecular weight is 380 g/mol. The second-order valence-electron chi connectivity index (χ2n) is 8.65. The van der Waals surface area contributed by atoms with Gasteiger partial charge in [0.1, 0.15) is 0 Å². The smallest absolute Gasteiger partial charge is 0.0149 e. The maximum Gasteiger partial charge on any atom is -0.0149 e. The lowest BCUT2D eigenvalue weighted by Crippen LogP contribution is -1.95. The number of hydrogen-bond acceptors (Lipinski definition) is 0. The summed E-state index contributed by atoms with van der Waals surface area (Å²) >= 11 is 0. The van der Waals surface area contributed by atoms with Crippen LogP contribution in [0.3, 0.4) is 0 Å². The Morgan fingerprint density at radius 1 is 0.607 bits per heavy atom. The van der Waals surface area contributed by atoms with E-state index in [0.717, 1.165) is 0 Å². The Morgan fingerprint density at radius 3 is 1.71 bits per heavy atom. The molecule has 0 saturated carbocycles. The summed E-state index contributed by atoms with van der Waals surface area (Å²) < 4.78 is 0. The molecule has 0 fully saturated rings. The zero-order chi connectivity index (χ0) is 19.9. The maximum atomic E-state index is 4.46. The van der Waals surface area contributed by atoms with Gasteiger partial charge < -0.3 is 0 Å². The maximum absolute atomic E-state index is 4.46. The second-order valence-corrected chi connectivity index (χ2v) is 8.65. The van der Waals surface area contributed by atoms with Crippen molar-refractivity contribution < 1.29 is 0 Å². The number of rotatable bonds is 16. The van der Waals surface area contributed by atoms with E-state index < -0.39 is 0 Å². The Morgan fingerprint density at radius 2 is 1.11 bits per heavy atom. The monoisotopic (exact) mass is 379 g/mol. The standard InChI is InChI=1S/C28H43/c1-3-4-5-6-7-8-9-10-11-12-13-14-15-16-20-25(2)27-24-19-22-26-21-17-18-23-28(26)27/h17-19,21-25H,2-16,20H2,1H3. The van der Waals surface area contributed by atoms with Gasteiger partial charge in [-0.25, -0.2) is 0 Å². The predicted molar refractivity (Wildman–Crippen MR) is 127 cm³/mol. The Balaban J connectivity index is 1.46. The first kappa shape index (κ1) is 23.0. The van der Waals surface area contributed by atoms with Gasteiger partial charge in [0, 0.05) is 0 Å². The lowest BCUT2D eigenvalue weighted by atomic mass is 9.90. The minimum absolute atomic E-state index is 0.420. The van der Waals surface area contributed by atoms with Crippen LogP contribution in [0.1, 0.15) is 115 Å². The quantitative estimate of drug-likeness (QED) is 0.255. The molecule has 2 aromatic rings. The van der Waals surface area contributed by atoms with E-state index in [1.807, 2.05) is 0 Å². The molecule has 0 bridgehead atoms. The van der Waals surface area contributed by atoms with Crippen molar-refractivity contribution in [1.82, 2.24) is 0 Å². The summed E-state index contributed by atoms with van der Waals surface area (Å²) in [5, 5.41) is 2.73. The molecule has 1 unspecified atom stereocenters. The summed E-state index contributed by atoms with van der Waals surface area (Å²) in [5.41, 5.74) is 1.42. The van der Waals surface area contributed by atoms with Crippen LogP contribution in [0.25, 0.3) is 10.8 Å². The highest BCUT2D eigenvalue weighted by Gasteiger charge is 2.08. The molecular formula is C28H43. The molecule has 0 heteroatoms. The van der Waals surface area contributed by atoms with Crippen LogP contribution in [0.15, 0.2) is 42.5 Å². The van der Waals surface area contributed by atoms with Gasteiger partial charge in [-0.05, 0) is 35.6 Å². The fraction of sp³-hybridized carbons (Fsp3) is 0.607. The third-order valence-electron chi connectivity index (χ3n) is 6.17. The lowest BCUT2D eigenvalue weighted by Gasteiger charge is -2.14. The third-order valence-corrected chi connectivity index (χ3v) is 6.17. The van der Waals surface area contributed by atoms with E-state index in [9.17, 15) is 0 Å². The van der Waals surface area contributed by atoms with Crippen molar-refractivity contribution in [3.05, 3.63) is 55.0 Å². The van der Waals surface area contributed by atoms with Crippen LogP contribution in [-0.4, -0.2) is 0 Å². The molecule has 0 heterocycles. The predicted octanol–water partition coefficient (Wildman–Crippen LogP) is 9.63. The van der Waals surface area contributed by atoms with Crippen molar-refractivity contribution in [2.45, 2.75) is 109 Å². The number of benzene rings is 2. The Hall–Kier alpha value is -1.30. The molecule has 1 radical (unpaired) electrons. The molecule has 0 saturated heterocycles. The van der Waals surface area contributed by atoms with Gasteiger partial charge in [-0.3, -0.25) is 0 Å². The Kier molecular flexibility index (Phi) is 12.0. The summed E-state index contributed by atoms with van der Waals surface area (Å²) in [7, 11) is 0. The Labute approximate surface area is 175 Å². The first-order valence-electron chi connectivity index (χ1n) is 12.1. The van der Waals surface area contributed by atoms with Gasteiger partial charge in [0.25, 0.3) is 0 Å². The number of unbranched alkanes of at least 4 members (excludes halogenated alkanes) is 13. The highest BCUT2D eigenvalue weighted by Crippen LogP contribution is 2.28. The minimum Gasteiger partial charge on any atom is -0.0654 e. The second kappa shape index (κ2) is 14.7. The van der Waals surface area contributed by atoms with E-state index in [1.54, 1.807) is 0 Å². The van der Waals surface area contributed by atoms with Gasteiger partial charge in [-0.2, -0.15) is 0 Å². The fourth-order valence-corrected chi connectivity index (χ4v) is 4.35. The molecule has 0 amide bonds. The molecule has 0 N–H and O–H groups in total. The molecule has 0 aliphatic rings. The lowest BCUT2D eigenvalue weighted by molar-refractivity contribution is 0.528. The van der Waals surface area contributed by atoms with E-state index in [0.29, 0.717) is 5.92 Å². The van der Waals surface area contributed by atoms with E-state index in [2.05, 4.69) is 56.3 Å². The highest BCUT2D eigenvalue weighted by molar-refractivity contribution is 5.86. The molecule has 0 aromatic heterocycles. The molecule has 0 aliphatic carbocycles. The van der Waals surface area contributed by atoms with Crippen molar-refractivity contribution in [1.29, 1.82) is 0 Å². The van der Waals surface area contributed by atoms with E-state index in [4.69, 9.17) is 0 Å². The summed E-state index contributed by atoms with van der Waals surface area (Å²) in [6.07, 6.45) is 21.1. The van der Waals surface area contributed by atoms with Gasteiger partial charge in [0.2, 0.25) is 0 Å². The Bertz CT molecular complexity index is 621. The topological polar surface area (TPSA) is 0 Å². The summed E-state index contributed by atoms with van der Waals surface area (Å²) in [6.45, 7) is 6.75. The summed E-state index contributed by atoms with van der Waals surface area (Å²) in [4.78, 5) is 0. The van der Waals surface area contributed by atoms with Gasteiger partial charge >= 0.3 is 0 Å². The van der Waals surface area contributed by atoms with E-state index in [-0.39, 0.29) is 0 Å². The number of fused-ring (bicyclic) bond motifs is 1. The molecular weight excluding hydrogens is 336 g/mol. The van der Waals surface area contributed by atoms with Crippen LogP contribution in [0.2, 0.25) is 0 Å². The van der Waals surface area contributed by atoms with Crippen LogP contribution in [-0.2, 0) is 0 Å². The van der Waals surface area contributed by atoms with Gasteiger partial charge in [-0.1, -0.05) is 139 Å². The molecule has 2 rings (SSSR count). The van der Waals surface area contributed by atoms with Crippen molar-refractivity contribution in [2.75, 3.05) is 0 Å². The van der Waals surface area contributed by atoms with E-state index in [1.165, 1.54) is 113 Å². The molecule has 0 nitrogen and oxygen atoms in total. The molecule has 155 valence electrons. The highest BCUT2D eigenvalue weighted by atomic mass is 14.1. The zero-order valence-corrected chi connectivity index (χ0v) is 18.4. The zero-order valence-electron chi connectivity index (χ0n) is 18.4. The van der Waals surface area contributed by atoms with Gasteiger partial charge in [0.15, 0.2) is 0 Å². The van der Waals surface area contributed by atoms with Gasteiger partial charge in [0.05, 0.1) is 0 Å². The minimum atomic E-state index is 0.420. The average Bonchev–Trinajstić information content (AvgIpc) is 2.73. The van der Waals surface area contributed by atoms with Crippen molar-refractivity contribution in [3.8, 4) is 0 Å². The van der Waals surface area contributed by atoms with Gasteiger partial charge in [-0.15, -0.1) is 0 Å². The van der Waals surface area contributed by atoms with Crippen LogP contribution < -0.4 is 0 Å². The van der Waals surface area contributed by atoms with Crippen molar-refractivity contribution in [2.24, 2.45) is 0 Å². The first-order valence-corrected chi connectivity index (χ1v) is 12.1. The first-order chi connectivity index (χ1) is 13.8. The van der Waals surface area contributed by atoms with Crippen LogP contribution in [0.4, 0.5) is 0 Å². The summed E-state index contributed by atoms with van der Waals surface area (Å²) in [5.74, 6) is 0.420. The fourth-order valence-electron chi connectivity index (χ4n) is 4.35. The summed E-state index contributed by atoms with van der Waals surface area (Å²) in [6, 6.07) is 15.4. The molecule has 1 atom stereocenters. The SMILES string of the molecule is [CH2]C(CCCCCCCCCCCCCCCC)c1cccc2ccccc12. The molecule has 2 aromatic carbocycles. The van der Waals surface area contributed by atoms with Crippen LogP contribution in [0.5, 0.6) is 0 Å². The van der Waals surface area contributed by atoms with Crippen LogP contribution in [0, 0.1) is 6.92 Å². The molecule has 0 spiro atoms. The molecule has 0 aliphatic heterocycles. The van der Waals surface area contributed by atoms with Crippen LogP contribution >= 0.6 is 0 Å². The van der Waals surface area contributed by atoms with Crippen molar-refractivity contribution in [3.63, 3.8) is 0 Å². The normalized spacial score (nSPS) is 12.5. The van der Waals surface area contributed by atoms with E-state index >= 15 is 0 Å². The third kappa shape index (κ3) is 8.80.